The molecule has 0 radical (unpaired) electrons. The summed E-state index contributed by atoms with van der Waals surface area (Å²) in [4.78, 5) is 6.94. The summed E-state index contributed by atoms with van der Waals surface area (Å²) in [6.45, 7) is 5.33. The van der Waals surface area contributed by atoms with Crippen molar-refractivity contribution < 1.29 is 5.11 Å². The number of nitrogens with zero attached hydrogens (tertiary/aromatic N) is 2. The molecule has 3 heterocycles. The van der Waals surface area contributed by atoms with E-state index in [1.54, 1.807) is 11.3 Å². The number of aryl methyl sites for hydroxylation is 1. The Kier molecular flexibility index (Phi) is 2.53. The minimum atomic E-state index is -0.493. The molecule has 3 nitrogen and oxygen atoms in total. The molecule has 1 aromatic heterocycles. The molecule has 2 bridgehead atoms. The Hall–Kier alpha value is -0.450. The van der Waals surface area contributed by atoms with E-state index in [2.05, 4.69) is 15.3 Å². The summed E-state index contributed by atoms with van der Waals surface area (Å²) in [5, 5.41) is 13.9. The molecule has 0 spiro atoms. The lowest BCUT2D eigenvalue weighted by Gasteiger charge is -2.38. The quantitative estimate of drug-likeness (QED) is 0.847. The zero-order valence-electron chi connectivity index (χ0n) is 9.65. The normalized spacial score (nSPS) is 37.9. The van der Waals surface area contributed by atoms with Crippen molar-refractivity contribution in [2.75, 3.05) is 19.6 Å². The summed E-state index contributed by atoms with van der Waals surface area (Å²) in [6, 6.07) is 0. The second-order valence-electron chi connectivity index (χ2n) is 5.17. The summed E-state index contributed by atoms with van der Waals surface area (Å²) in [5.41, 5.74) is 0.582. The van der Waals surface area contributed by atoms with Gasteiger partial charge in [-0.3, -0.25) is 0 Å². The molecule has 0 saturated carbocycles. The van der Waals surface area contributed by atoms with Crippen LogP contribution in [0.2, 0.25) is 0 Å². The van der Waals surface area contributed by atoms with Crippen LogP contribution in [-0.2, 0) is 6.42 Å². The standard InChI is InChI=1S/C12H18N2OS/c1-9-13-11(8-16-9)6-12(15)3-5-14-4-2-10(12)7-14/h8,10,15H,2-7H2,1H3. The third kappa shape index (κ3) is 1.79. The minimum absolute atomic E-state index is 0.461. The lowest BCUT2D eigenvalue weighted by atomic mass is 9.79. The van der Waals surface area contributed by atoms with Gasteiger partial charge in [-0.15, -0.1) is 11.3 Å². The molecule has 0 amide bonds. The smallest absolute Gasteiger partial charge is 0.0897 e. The van der Waals surface area contributed by atoms with E-state index in [-0.39, 0.29) is 0 Å². The molecule has 0 aliphatic carbocycles. The van der Waals surface area contributed by atoms with E-state index in [1.165, 1.54) is 6.54 Å². The van der Waals surface area contributed by atoms with Crippen molar-refractivity contribution in [3.63, 3.8) is 0 Å². The Morgan fingerprint density at radius 3 is 3.25 bits per heavy atom. The first-order valence-electron chi connectivity index (χ1n) is 6.01. The van der Waals surface area contributed by atoms with Crippen molar-refractivity contribution >= 4 is 11.3 Å². The number of rotatable bonds is 2. The maximum absolute atomic E-state index is 10.8. The fraction of sp³-hybridized carbons (Fsp3) is 0.750. The third-order valence-corrected chi connectivity index (χ3v) is 4.87. The van der Waals surface area contributed by atoms with Gasteiger partial charge >= 0.3 is 0 Å². The molecule has 1 aromatic rings. The van der Waals surface area contributed by atoms with Gasteiger partial charge < -0.3 is 10.0 Å². The summed E-state index contributed by atoms with van der Waals surface area (Å²) in [7, 11) is 0. The highest BCUT2D eigenvalue weighted by molar-refractivity contribution is 7.09. The van der Waals surface area contributed by atoms with Crippen LogP contribution in [-0.4, -0.2) is 40.2 Å². The summed E-state index contributed by atoms with van der Waals surface area (Å²) in [5.74, 6) is 0.461. The van der Waals surface area contributed by atoms with Crippen LogP contribution in [0.5, 0.6) is 0 Å². The fourth-order valence-corrected chi connectivity index (χ4v) is 3.68. The van der Waals surface area contributed by atoms with Crippen molar-refractivity contribution in [2.45, 2.75) is 31.8 Å². The number of hydrogen-bond acceptors (Lipinski definition) is 4. The molecule has 88 valence electrons. The van der Waals surface area contributed by atoms with Crippen molar-refractivity contribution in [2.24, 2.45) is 5.92 Å². The Balaban J connectivity index is 1.77. The van der Waals surface area contributed by atoms with Crippen molar-refractivity contribution in [3.8, 4) is 0 Å². The maximum Gasteiger partial charge on any atom is 0.0897 e. The largest absolute Gasteiger partial charge is 0.389 e. The van der Waals surface area contributed by atoms with Crippen LogP contribution < -0.4 is 0 Å². The highest BCUT2D eigenvalue weighted by Gasteiger charge is 2.44. The van der Waals surface area contributed by atoms with Gasteiger partial charge in [0.2, 0.25) is 0 Å². The number of aromatic nitrogens is 1. The van der Waals surface area contributed by atoms with E-state index in [0.717, 1.165) is 43.1 Å². The lowest BCUT2D eigenvalue weighted by Crippen LogP contribution is -2.47. The highest BCUT2D eigenvalue weighted by atomic mass is 32.1. The first kappa shape index (κ1) is 10.7. The molecular weight excluding hydrogens is 220 g/mol. The van der Waals surface area contributed by atoms with Crippen LogP contribution >= 0.6 is 11.3 Å². The molecule has 0 aromatic carbocycles. The van der Waals surface area contributed by atoms with Gasteiger partial charge in [0, 0.05) is 30.8 Å². The molecule has 2 aliphatic rings. The molecule has 2 fully saturated rings. The van der Waals surface area contributed by atoms with Crippen LogP contribution in [0.4, 0.5) is 0 Å². The van der Waals surface area contributed by atoms with Crippen LogP contribution in [0.15, 0.2) is 5.38 Å². The highest BCUT2D eigenvalue weighted by Crippen LogP contribution is 2.37. The SMILES string of the molecule is Cc1nc(CC2(O)CCN3CCC2C3)cs1. The van der Waals surface area contributed by atoms with E-state index in [0.29, 0.717) is 5.92 Å². The number of fused-ring (bicyclic) bond motifs is 2. The van der Waals surface area contributed by atoms with Gasteiger partial charge in [0.05, 0.1) is 16.3 Å². The Bertz CT molecular complexity index is 392. The van der Waals surface area contributed by atoms with E-state index in [9.17, 15) is 5.11 Å². The number of thiazole rings is 1. The average Bonchev–Trinajstić information content (AvgIpc) is 2.82. The topological polar surface area (TPSA) is 36.4 Å². The fourth-order valence-electron chi connectivity index (χ4n) is 3.07. The second-order valence-corrected chi connectivity index (χ2v) is 6.24. The van der Waals surface area contributed by atoms with Crippen LogP contribution in [0.25, 0.3) is 0 Å². The minimum Gasteiger partial charge on any atom is -0.389 e. The summed E-state index contributed by atoms with van der Waals surface area (Å²) < 4.78 is 0. The van der Waals surface area contributed by atoms with Gasteiger partial charge in [-0.25, -0.2) is 4.98 Å². The van der Waals surface area contributed by atoms with Crippen molar-refractivity contribution in [3.05, 3.63) is 16.1 Å². The lowest BCUT2D eigenvalue weighted by molar-refractivity contribution is -0.0444. The molecule has 4 heteroatoms. The summed E-state index contributed by atoms with van der Waals surface area (Å²) >= 11 is 1.68. The second kappa shape index (κ2) is 3.79. The van der Waals surface area contributed by atoms with Gasteiger partial charge in [0.1, 0.15) is 0 Å². The van der Waals surface area contributed by atoms with Gasteiger partial charge in [-0.1, -0.05) is 0 Å². The number of aliphatic hydroxyl groups is 1. The van der Waals surface area contributed by atoms with Crippen LogP contribution in [0.3, 0.4) is 0 Å². The number of hydrogen-bond donors (Lipinski definition) is 1. The Morgan fingerprint density at radius 1 is 1.62 bits per heavy atom. The Labute approximate surface area is 100 Å². The maximum atomic E-state index is 10.8. The molecule has 1 N–H and O–H groups in total. The molecule has 16 heavy (non-hydrogen) atoms. The molecular formula is C12H18N2OS. The van der Waals surface area contributed by atoms with Gasteiger partial charge in [0.15, 0.2) is 0 Å². The number of piperidine rings is 1. The first-order valence-corrected chi connectivity index (χ1v) is 6.89. The predicted molar refractivity (Wildman–Crippen MR) is 64.7 cm³/mol. The summed E-state index contributed by atoms with van der Waals surface area (Å²) in [6.07, 6.45) is 2.81. The van der Waals surface area contributed by atoms with Crippen LogP contribution in [0.1, 0.15) is 23.5 Å². The molecule has 3 atom stereocenters. The monoisotopic (exact) mass is 238 g/mol. The molecule has 3 rings (SSSR count). The van der Waals surface area contributed by atoms with Crippen molar-refractivity contribution in [1.29, 1.82) is 0 Å². The van der Waals surface area contributed by atoms with Crippen LogP contribution in [0, 0.1) is 12.8 Å². The van der Waals surface area contributed by atoms with E-state index in [4.69, 9.17) is 0 Å². The zero-order chi connectivity index (χ0) is 11.2. The van der Waals surface area contributed by atoms with Crippen molar-refractivity contribution in [1.82, 2.24) is 9.88 Å². The first-order chi connectivity index (χ1) is 7.66. The zero-order valence-corrected chi connectivity index (χ0v) is 10.5. The Morgan fingerprint density at radius 2 is 2.50 bits per heavy atom. The third-order valence-electron chi connectivity index (χ3n) is 4.05. The van der Waals surface area contributed by atoms with Gasteiger partial charge in [-0.05, 0) is 26.3 Å². The molecule has 2 saturated heterocycles. The predicted octanol–water partition coefficient (Wildman–Crippen LogP) is 1.45. The van der Waals surface area contributed by atoms with E-state index >= 15 is 0 Å². The van der Waals surface area contributed by atoms with Gasteiger partial charge in [-0.2, -0.15) is 0 Å². The molecule has 2 aliphatic heterocycles. The molecule has 3 unspecified atom stereocenters. The van der Waals surface area contributed by atoms with E-state index < -0.39 is 5.60 Å². The van der Waals surface area contributed by atoms with Gasteiger partial charge in [0.25, 0.3) is 0 Å². The van der Waals surface area contributed by atoms with E-state index in [1.807, 2.05) is 6.92 Å². The average molecular weight is 238 g/mol.